The molecule has 0 bridgehead atoms. The monoisotopic (exact) mass is 444 g/mol. The first-order valence-electron chi connectivity index (χ1n) is 10.4. The fourth-order valence-corrected chi connectivity index (χ4v) is 5.48. The summed E-state index contributed by atoms with van der Waals surface area (Å²) in [7, 11) is -3.67. The lowest BCUT2D eigenvalue weighted by atomic mass is 9.98. The molecule has 0 aromatic heterocycles. The Morgan fingerprint density at radius 3 is 2.52 bits per heavy atom. The molecular formula is C23H28N2O5S. The second-order valence-electron chi connectivity index (χ2n) is 7.76. The highest BCUT2D eigenvalue weighted by molar-refractivity contribution is 7.89. The van der Waals surface area contributed by atoms with E-state index < -0.39 is 21.9 Å². The molecule has 1 N–H and O–H groups in total. The van der Waals surface area contributed by atoms with Gasteiger partial charge in [0.15, 0.2) is 0 Å². The number of rotatable bonds is 6. The van der Waals surface area contributed by atoms with Gasteiger partial charge in [-0.2, -0.15) is 4.31 Å². The predicted molar refractivity (Wildman–Crippen MR) is 118 cm³/mol. The maximum absolute atomic E-state index is 13.2. The minimum absolute atomic E-state index is 0.141. The quantitative estimate of drug-likeness (QED) is 0.688. The van der Waals surface area contributed by atoms with Crippen molar-refractivity contribution in [3.05, 3.63) is 59.2 Å². The first-order valence-corrected chi connectivity index (χ1v) is 11.8. The number of sulfonamides is 1. The number of hydrogen-bond donors (Lipinski definition) is 1. The van der Waals surface area contributed by atoms with E-state index >= 15 is 0 Å². The van der Waals surface area contributed by atoms with Gasteiger partial charge in [0.2, 0.25) is 15.9 Å². The molecule has 1 amide bonds. The van der Waals surface area contributed by atoms with Gasteiger partial charge >= 0.3 is 5.97 Å². The van der Waals surface area contributed by atoms with Crippen molar-refractivity contribution in [1.82, 2.24) is 4.31 Å². The summed E-state index contributed by atoms with van der Waals surface area (Å²) >= 11 is 0. The molecule has 3 rings (SSSR count). The second-order valence-corrected chi connectivity index (χ2v) is 9.66. The van der Waals surface area contributed by atoms with Gasteiger partial charge in [-0.3, -0.25) is 4.79 Å². The lowest BCUT2D eigenvalue weighted by molar-refractivity contribution is -0.120. The SMILES string of the molecule is CCOC(=O)c1ccc(NC(=O)[C@@H]2CCCN(S(=O)(=O)c3cc(C)ccc3C)C2)cc1. The zero-order valence-corrected chi connectivity index (χ0v) is 18.9. The molecule has 0 saturated carbocycles. The molecule has 1 saturated heterocycles. The molecule has 1 heterocycles. The Kier molecular flexibility index (Phi) is 7.12. The summed E-state index contributed by atoms with van der Waals surface area (Å²) in [4.78, 5) is 24.8. The lowest BCUT2D eigenvalue weighted by Crippen LogP contribution is -2.43. The molecule has 1 atom stereocenters. The van der Waals surface area contributed by atoms with Crippen molar-refractivity contribution in [2.75, 3.05) is 25.0 Å². The van der Waals surface area contributed by atoms with Crippen LogP contribution in [0.25, 0.3) is 0 Å². The van der Waals surface area contributed by atoms with E-state index in [0.717, 1.165) is 5.56 Å². The molecule has 1 aliphatic heterocycles. The highest BCUT2D eigenvalue weighted by Gasteiger charge is 2.34. The van der Waals surface area contributed by atoms with Gasteiger partial charge in [0, 0.05) is 18.8 Å². The van der Waals surface area contributed by atoms with E-state index in [2.05, 4.69) is 5.32 Å². The minimum Gasteiger partial charge on any atom is -0.462 e. The smallest absolute Gasteiger partial charge is 0.338 e. The average Bonchev–Trinajstić information content (AvgIpc) is 2.76. The number of carbonyl (C=O) groups is 2. The van der Waals surface area contributed by atoms with Gasteiger partial charge in [-0.05, 0) is 75.1 Å². The molecule has 8 heteroatoms. The van der Waals surface area contributed by atoms with Crippen LogP contribution < -0.4 is 5.32 Å². The van der Waals surface area contributed by atoms with E-state index in [1.807, 2.05) is 13.0 Å². The molecule has 0 spiro atoms. The molecule has 2 aromatic carbocycles. The van der Waals surface area contributed by atoms with Crippen LogP contribution in [0.5, 0.6) is 0 Å². The summed E-state index contributed by atoms with van der Waals surface area (Å²) in [6.07, 6.45) is 1.23. The molecule has 0 aliphatic carbocycles. The van der Waals surface area contributed by atoms with E-state index in [9.17, 15) is 18.0 Å². The van der Waals surface area contributed by atoms with Crippen molar-refractivity contribution < 1.29 is 22.7 Å². The van der Waals surface area contributed by atoms with Gasteiger partial charge in [0.25, 0.3) is 0 Å². The number of aryl methyl sites for hydroxylation is 2. The lowest BCUT2D eigenvalue weighted by Gasteiger charge is -2.31. The maximum Gasteiger partial charge on any atom is 0.338 e. The van der Waals surface area contributed by atoms with Gasteiger partial charge in [0.05, 0.1) is 23.0 Å². The third-order valence-electron chi connectivity index (χ3n) is 5.38. The van der Waals surface area contributed by atoms with E-state index in [1.54, 1.807) is 50.2 Å². The van der Waals surface area contributed by atoms with Crippen LogP contribution in [0, 0.1) is 19.8 Å². The summed E-state index contributed by atoms with van der Waals surface area (Å²) in [6.45, 7) is 6.20. The van der Waals surface area contributed by atoms with Crippen molar-refractivity contribution in [3.8, 4) is 0 Å². The van der Waals surface area contributed by atoms with Crippen molar-refractivity contribution in [2.24, 2.45) is 5.92 Å². The average molecular weight is 445 g/mol. The number of hydrogen-bond acceptors (Lipinski definition) is 5. The second kappa shape index (κ2) is 9.62. The molecule has 2 aromatic rings. The number of piperidine rings is 1. The predicted octanol–water partition coefficient (Wildman–Crippen LogP) is 3.52. The van der Waals surface area contributed by atoms with Gasteiger partial charge in [-0.25, -0.2) is 13.2 Å². The zero-order valence-electron chi connectivity index (χ0n) is 18.1. The molecule has 1 fully saturated rings. The van der Waals surface area contributed by atoms with Crippen LogP contribution in [0.15, 0.2) is 47.4 Å². The summed E-state index contributed by atoms with van der Waals surface area (Å²) in [5.74, 6) is -1.09. The molecule has 0 unspecified atom stereocenters. The van der Waals surface area contributed by atoms with Crippen molar-refractivity contribution >= 4 is 27.6 Å². The molecule has 166 valence electrons. The van der Waals surface area contributed by atoms with Crippen molar-refractivity contribution in [1.29, 1.82) is 0 Å². The first kappa shape index (κ1) is 23.0. The zero-order chi connectivity index (χ0) is 22.6. The van der Waals surface area contributed by atoms with Crippen LogP contribution in [0.2, 0.25) is 0 Å². The summed E-state index contributed by atoms with van der Waals surface area (Å²) in [5, 5.41) is 2.83. The Balaban J connectivity index is 1.69. The van der Waals surface area contributed by atoms with Crippen LogP contribution in [-0.4, -0.2) is 44.3 Å². The van der Waals surface area contributed by atoms with Gasteiger partial charge in [-0.1, -0.05) is 12.1 Å². The number of amides is 1. The van der Waals surface area contributed by atoms with Crippen molar-refractivity contribution in [2.45, 2.75) is 38.5 Å². The third-order valence-corrected chi connectivity index (χ3v) is 7.39. The highest BCUT2D eigenvalue weighted by atomic mass is 32.2. The Morgan fingerprint density at radius 2 is 1.84 bits per heavy atom. The summed E-state index contributed by atoms with van der Waals surface area (Å²) in [6, 6.07) is 11.8. The van der Waals surface area contributed by atoms with Gasteiger partial charge in [0.1, 0.15) is 0 Å². The number of esters is 1. The summed E-state index contributed by atoms with van der Waals surface area (Å²) in [5.41, 5.74) is 2.52. The van der Waals surface area contributed by atoms with Crippen molar-refractivity contribution in [3.63, 3.8) is 0 Å². The van der Waals surface area contributed by atoms with Crippen LogP contribution >= 0.6 is 0 Å². The standard InChI is InChI=1S/C23H28N2O5S/c1-4-30-23(27)18-9-11-20(12-10-18)24-22(26)19-6-5-13-25(15-19)31(28,29)21-14-16(2)7-8-17(21)3/h7-12,14,19H,4-6,13,15H2,1-3H3,(H,24,26)/t19-/m1/s1. The number of nitrogens with zero attached hydrogens (tertiary/aromatic N) is 1. The number of anilines is 1. The molecule has 1 aliphatic rings. The van der Waals surface area contributed by atoms with Gasteiger partial charge < -0.3 is 10.1 Å². The Bertz CT molecular complexity index is 1060. The number of carbonyl (C=O) groups excluding carboxylic acids is 2. The Labute approximate surface area is 183 Å². The number of ether oxygens (including phenoxy) is 1. The number of benzene rings is 2. The maximum atomic E-state index is 13.2. The molecule has 7 nitrogen and oxygen atoms in total. The molecule has 0 radical (unpaired) electrons. The van der Waals surface area contributed by atoms with E-state index in [-0.39, 0.29) is 12.5 Å². The fraction of sp³-hybridized carbons (Fsp3) is 0.391. The van der Waals surface area contributed by atoms with E-state index in [0.29, 0.717) is 47.7 Å². The Hall–Kier alpha value is -2.71. The van der Waals surface area contributed by atoms with Gasteiger partial charge in [-0.15, -0.1) is 0 Å². The first-order chi connectivity index (χ1) is 14.7. The molecule has 31 heavy (non-hydrogen) atoms. The van der Waals surface area contributed by atoms with E-state index in [4.69, 9.17) is 4.74 Å². The number of nitrogens with one attached hydrogen (secondary N) is 1. The molecular weight excluding hydrogens is 416 g/mol. The minimum atomic E-state index is -3.67. The topological polar surface area (TPSA) is 92.8 Å². The van der Waals surface area contributed by atoms with E-state index in [1.165, 1.54) is 4.31 Å². The third kappa shape index (κ3) is 5.32. The Morgan fingerprint density at radius 1 is 1.13 bits per heavy atom. The normalized spacial score (nSPS) is 17.2. The van der Waals surface area contributed by atoms with Crippen LogP contribution in [0.1, 0.15) is 41.3 Å². The van der Waals surface area contributed by atoms with Crippen LogP contribution in [0.3, 0.4) is 0 Å². The fourth-order valence-electron chi connectivity index (χ4n) is 3.65. The van der Waals surface area contributed by atoms with Crippen LogP contribution in [0.4, 0.5) is 5.69 Å². The van der Waals surface area contributed by atoms with Crippen LogP contribution in [-0.2, 0) is 19.6 Å². The highest BCUT2D eigenvalue weighted by Crippen LogP contribution is 2.27. The summed E-state index contributed by atoms with van der Waals surface area (Å²) < 4.78 is 32.7. The largest absolute Gasteiger partial charge is 0.462 e.